The fraction of sp³-hybridized carbons (Fsp3) is 0.250. The molecule has 4 rings (SSSR count). The van der Waals surface area contributed by atoms with Gasteiger partial charge in [0.25, 0.3) is 0 Å². The van der Waals surface area contributed by atoms with E-state index in [0.29, 0.717) is 0 Å². The minimum absolute atomic E-state index is 0.0925. The van der Waals surface area contributed by atoms with Crippen LogP contribution in [0.3, 0.4) is 0 Å². The molecule has 0 aromatic heterocycles. The van der Waals surface area contributed by atoms with Crippen LogP contribution in [-0.4, -0.2) is 41.8 Å². The molecule has 1 unspecified atom stereocenters. The Labute approximate surface area is 204 Å². The van der Waals surface area contributed by atoms with Crippen LogP contribution in [0.25, 0.3) is 11.1 Å². The first kappa shape index (κ1) is 24.0. The van der Waals surface area contributed by atoms with Crippen molar-refractivity contribution in [2.45, 2.75) is 37.8 Å². The van der Waals surface area contributed by atoms with Crippen LogP contribution >= 0.6 is 0 Å². The Morgan fingerprint density at radius 1 is 0.857 bits per heavy atom. The fourth-order valence-electron chi connectivity index (χ4n) is 4.50. The summed E-state index contributed by atoms with van der Waals surface area (Å²) in [6.45, 7) is 1.74. The van der Waals surface area contributed by atoms with Crippen LogP contribution in [0.4, 0.5) is 4.79 Å². The normalized spacial score (nSPS) is 13.7. The summed E-state index contributed by atoms with van der Waals surface area (Å²) in [6, 6.07) is 23.9. The van der Waals surface area contributed by atoms with E-state index in [1.54, 1.807) is 6.92 Å². The maximum absolute atomic E-state index is 12.9. The van der Waals surface area contributed by atoms with Crippen LogP contribution in [0.2, 0.25) is 0 Å². The van der Waals surface area contributed by atoms with Gasteiger partial charge in [0.2, 0.25) is 5.91 Å². The number of aliphatic carboxylic acids is 1. The number of carbonyl (C=O) groups is 3. The van der Waals surface area contributed by atoms with Gasteiger partial charge in [0.05, 0.1) is 6.42 Å². The summed E-state index contributed by atoms with van der Waals surface area (Å²) in [5, 5.41) is 14.3. The molecule has 180 valence electrons. The third-order valence-corrected chi connectivity index (χ3v) is 6.10. The summed E-state index contributed by atoms with van der Waals surface area (Å²) in [5.41, 5.74) is 5.32. The third-order valence-electron chi connectivity index (χ3n) is 6.10. The van der Waals surface area contributed by atoms with Crippen LogP contribution in [0, 0.1) is 0 Å². The smallest absolute Gasteiger partial charge is 0.407 e. The predicted octanol–water partition coefficient (Wildman–Crippen LogP) is 4.12. The van der Waals surface area contributed by atoms with E-state index >= 15 is 0 Å². The average Bonchev–Trinajstić information content (AvgIpc) is 3.16. The summed E-state index contributed by atoms with van der Waals surface area (Å²) >= 11 is 0. The van der Waals surface area contributed by atoms with E-state index < -0.39 is 30.1 Å². The number of hydrogen-bond acceptors (Lipinski definition) is 4. The predicted molar refractivity (Wildman–Crippen MR) is 132 cm³/mol. The zero-order valence-corrected chi connectivity index (χ0v) is 19.4. The Hall–Kier alpha value is -4.13. The van der Waals surface area contributed by atoms with Gasteiger partial charge in [0.1, 0.15) is 12.6 Å². The molecule has 35 heavy (non-hydrogen) atoms. The van der Waals surface area contributed by atoms with Crippen LogP contribution in [0.5, 0.6) is 0 Å². The summed E-state index contributed by atoms with van der Waals surface area (Å²) in [7, 11) is 0. The maximum atomic E-state index is 12.9. The topological polar surface area (TPSA) is 105 Å². The number of fused-ring (bicyclic) bond motifs is 3. The molecule has 7 nitrogen and oxygen atoms in total. The van der Waals surface area contributed by atoms with Crippen molar-refractivity contribution >= 4 is 18.0 Å². The molecule has 0 saturated carbocycles. The van der Waals surface area contributed by atoms with Gasteiger partial charge in [0, 0.05) is 18.4 Å². The van der Waals surface area contributed by atoms with Crippen molar-refractivity contribution in [1.82, 2.24) is 10.6 Å². The van der Waals surface area contributed by atoms with Crippen molar-refractivity contribution in [2.24, 2.45) is 0 Å². The number of carbonyl (C=O) groups excluding carboxylic acids is 2. The second kappa shape index (κ2) is 10.9. The van der Waals surface area contributed by atoms with E-state index in [9.17, 15) is 14.4 Å². The summed E-state index contributed by atoms with van der Waals surface area (Å²) in [4.78, 5) is 36.6. The average molecular weight is 473 g/mol. The highest BCUT2D eigenvalue weighted by Gasteiger charge is 2.30. The molecule has 2 atom stereocenters. The van der Waals surface area contributed by atoms with Crippen LogP contribution in [-0.2, 0) is 20.7 Å². The molecule has 1 aliphatic rings. The zero-order chi connectivity index (χ0) is 24.8. The van der Waals surface area contributed by atoms with Crippen molar-refractivity contribution in [3.05, 3.63) is 95.6 Å². The summed E-state index contributed by atoms with van der Waals surface area (Å²) in [6.07, 6.45) is -0.667. The molecular formula is C28H28N2O5. The molecule has 0 saturated heterocycles. The monoisotopic (exact) mass is 472 g/mol. The van der Waals surface area contributed by atoms with Gasteiger partial charge in [-0.15, -0.1) is 0 Å². The molecule has 7 heteroatoms. The molecule has 3 N–H and O–H groups in total. The number of carboxylic acid groups (broad SMARTS) is 1. The molecule has 0 spiro atoms. The number of carboxylic acids is 1. The van der Waals surface area contributed by atoms with E-state index in [1.807, 2.05) is 66.7 Å². The van der Waals surface area contributed by atoms with Gasteiger partial charge in [-0.05, 0) is 34.7 Å². The first-order valence-electron chi connectivity index (χ1n) is 11.6. The third kappa shape index (κ3) is 5.87. The van der Waals surface area contributed by atoms with Crippen molar-refractivity contribution in [2.75, 3.05) is 6.61 Å². The number of ether oxygens (including phenoxy) is 1. The Kier molecular flexibility index (Phi) is 7.45. The molecule has 0 heterocycles. The van der Waals surface area contributed by atoms with Gasteiger partial charge in [-0.1, -0.05) is 78.9 Å². The minimum Gasteiger partial charge on any atom is -0.481 e. The van der Waals surface area contributed by atoms with E-state index in [1.165, 1.54) is 0 Å². The number of alkyl carbamates (subject to hydrolysis) is 1. The number of amides is 2. The molecule has 3 aromatic carbocycles. The Morgan fingerprint density at radius 3 is 2.03 bits per heavy atom. The summed E-state index contributed by atoms with van der Waals surface area (Å²) in [5.74, 6) is -1.57. The van der Waals surface area contributed by atoms with Gasteiger partial charge >= 0.3 is 12.1 Å². The molecule has 2 amide bonds. The van der Waals surface area contributed by atoms with Crippen molar-refractivity contribution in [3.8, 4) is 11.1 Å². The fourth-order valence-corrected chi connectivity index (χ4v) is 4.50. The second-order valence-electron chi connectivity index (χ2n) is 8.72. The largest absolute Gasteiger partial charge is 0.481 e. The highest BCUT2D eigenvalue weighted by atomic mass is 16.5. The van der Waals surface area contributed by atoms with Crippen LogP contribution in [0.1, 0.15) is 36.0 Å². The Bertz CT molecular complexity index is 1170. The van der Waals surface area contributed by atoms with Gasteiger partial charge in [-0.3, -0.25) is 9.59 Å². The van der Waals surface area contributed by atoms with E-state index in [-0.39, 0.29) is 25.4 Å². The molecular weight excluding hydrogens is 444 g/mol. The minimum atomic E-state index is -1.01. The van der Waals surface area contributed by atoms with Gasteiger partial charge in [-0.2, -0.15) is 0 Å². The molecule has 0 fully saturated rings. The number of benzene rings is 3. The van der Waals surface area contributed by atoms with E-state index in [2.05, 4.69) is 22.8 Å². The standard InChI is InChI=1S/C28H28N2O5/c1-18(15-26(31)32)29-27(33)25(16-19-9-3-2-4-10-19)30-28(34)35-17-24-22-13-7-5-11-20(22)21-12-6-8-14-23(21)24/h2-14,18,24-25H,15-17H2,1H3,(H,29,33)(H,30,34)(H,31,32)/t18?,25-/m0/s1. The van der Waals surface area contributed by atoms with Crippen LogP contribution in [0.15, 0.2) is 78.9 Å². The SMILES string of the molecule is CC(CC(=O)O)NC(=O)[C@H](Cc1ccccc1)NC(=O)OCC1c2ccccc2-c2ccccc21. The summed E-state index contributed by atoms with van der Waals surface area (Å²) < 4.78 is 5.60. The second-order valence-corrected chi connectivity index (χ2v) is 8.72. The lowest BCUT2D eigenvalue weighted by atomic mass is 9.98. The Balaban J connectivity index is 1.44. The van der Waals surface area contributed by atoms with Gasteiger partial charge in [0.15, 0.2) is 0 Å². The Morgan fingerprint density at radius 2 is 1.43 bits per heavy atom. The molecule has 0 aliphatic heterocycles. The lowest BCUT2D eigenvalue weighted by Crippen LogP contribution is -2.50. The first-order chi connectivity index (χ1) is 16.9. The lowest BCUT2D eigenvalue weighted by molar-refractivity contribution is -0.137. The molecule has 3 aromatic rings. The maximum Gasteiger partial charge on any atom is 0.407 e. The number of hydrogen-bond donors (Lipinski definition) is 3. The highest BCUT2D eigenvalue weighted by Crippen LogP contribution is 2.44. The van der Waals surface area contributed by atoms with Crippen molar-refractivity contribution < 1.29 is 24.2 Å². The quantitative estimate of drug-likeness (QED) is 0.435. The number of rotatable bonds is 9. The van der Waals surface area contributed by atoms with Gasteiger partial charge in [-0.25, -0.2) is 4.79 Å². The molecule has 0 bridgehead atoms. The van der Waals surface area contributed by atoms with E-state index in [4.69, 9.17) is 9.84 Å². The zero-order valence-electron chi connectivity index (χ0n) is 19.4. The highest BCUT2D eigenvalue weighted by molar-refractivity contribution is 5.86. The molecule has 0 radical (unpaired) electrons. The molecule has 1 aliphatic carbocycles. The lowest BCUT2D eigenvalue weighted by Gasteiger charge is -2.21. The number of nitrogens with one attached hydrogen (secondary N) is 2. The van der Waals surface area contributed by atoms with Crippen molar-refractivity contribution in [3.63, 3.8) is 0 Å². The van der Waals surface area contributed by atoms with Crippen molar-refractivity contribution in [1.29, 1.82) is 0 Å². The van der Waals surface area contributed by atoms with Gasteiger partial charge < -0.3 is 20.5 Å². The van der Waals surface area contributed by atoms with Crippen LogP contribution < -0.4 is 10.6 Å². The van der Waals surface area contributed by atoms with E-state index in [0.717, 1.165) is 27.8 Å². The first-order valence-corrected chi connectivity index (χ1v) is 11.6.